The van der Waals surface area contributed by atoms with Gasteiger partial charge >= 0.3 is 0 Å². The molecule has 0 saturated carbocycles. The van der Waals surface area contributed by atoms with E-state index in [4.69, 9.17) is 9.72 Å². The van der Waals surface area contributed by atoms with E-state index in [1.54, 1.807) is 15.9 Å². The summed E-state index contributed by atoms with van der Waals surface area (Å²) in [4.78, 5) is 9.64. The number of hydrogen-bond acceptors (Lipinski definition) is 6. The summed E-state index contributed by atoms with van der Waals surface area (Å²) in [5.74, 6) is 1.05. The summed E-state index contributed by atoms with van der Waals surface area (Å²) in [6.45, 7) is 9.97. The van der Waals surface area contributed by atoms with Crippen molar-refractivity contribution in [2.24, 2.45) is 0 Å². The smallest absolute Gasteiger partial charge is 0.246 e. The number of rotatable bonds is 4. The normalized spacial score (nSPS) is 19.6. The minimum Gasteiger partial charge on any atom is -0.368 e. The van der Waals surface area contributed by atoms with Crippen LogP contribution >= 0.6 is 0 Å². The molecule has 2 aliphatic heterocycles. The third-order valence-corrected chi connectivity index (χ3v) is 8.09. The van der Waals surface area contributed by atoms with Crippen molar-refractivity contribution in [1.82, 2.24) is 24.1 Å². The molecule has 4 rings (SSSR count). The molecule has 0 bridgehead atoms. The van der Waals surface area contributed by atoms with E-state index in [0.717, 1.165) is 23.5 Å². The first kappa shape index (κ1) is 20.4. The molecule has 4 heterocycles. The van der Waals surface area contributed by atoms with E-state index in [1.807, 2.05) is 13.1 Å². The van der Waals surface area contributed by atoms with Gasteiger partial charge in [-0.1, -0.05) is 13.8 Å². The Morgan fingerprint density at radius 3 is 2.59 bits per heavy atom. The Morgan fingerprint density at radius 2 is 1.97 bits per heavy atom. The maximum absolute atomic E-state index is 13.2. The molecule has 0 unspecified atom stereocenters. The second kappa shape index (κ2) is 7.45. The molecule has 0 N–H and O–H groups in total. The average molecular weight is 420 g/mol. The van der Waals surface area contributed by atoms with Crippen molar-refractivity contribution >= 4 is 10.0 Å². The van der Waals surface area contributed by atoms with Crippen LogP contribution in [0.5, 0.6) is 0 Å². The van der Waals surface area contributed by atoms with Crippen molar-refractivity contribution in [2.75, 3.05) is 19.7 Å². The van der Waals surface area contributed by atoms with Crippen molar-refractivity contribution in [3.05, 3.63) is 35.2 Å². The second-order valence-corrected chi connectivity index (χ2v) is 10.1. The van der Waals surface area contributed by atoms with Crippen molar-refractivity contribution < 1.29 is 13.2 Å². The van der Waals surface area contributed by atoms with Gasteiger partial charge in [-0.2, -0.15) is 9.40 Å². The van der Waals surface area contributed by atoms with Gasteiger partial charge in [-0.15, -0.1) is 0 Å². The third kappa shape index (κ3) is 3.39. The predicted octanol–water partition coefficient (Wildman–Crippen LogP) is 2.38. The van der Waals surface area contributed by atoms with Crippen LogP contribution in [0.2, 0.25) is 0 Å². The molecular formula is C20H29N5O3S. The van der Waals surface area contributed by atoms with Crippen LogP contribution in [0.15, 0.2) is 17.3 Å². The second-order valence-electron chi connectivity index (χ2n) is 8.16. The first-order valence-electron chi connectivity index (χ1n) is 10.3. The molecule has 2 aromatic heterocycles. The van der Waals surface area contributed by atoms with Gasteiger partial charge in [0.15, 0.2) is 0 Å². The number of ether oxygens (including phenoxy) is 1. The summed E-state index contributed by atoms with van der Waals surface area (Å²) in [6.07, 6.45) is 5.37. The van der Waals surface area contributed by atoms with Gasteiger partial charge in [0.1, 0.15) is 16.3 Å². The Bertz CT molecular complexity index is 1010. The molecule has 2 aromatic rings. The SMILES string of the molecule is CCn1ncc(S(=O)(=O)N2CCC3(CC2)OCCc2cnc(C(C)C)nc23)c1C. The zero-order valence-corrected chi connectivity index (χ0v) is 18.4. The molecule has 0 aliphatic carbocycles. The molecule has 1 fully saturated rings. The number of piperidine rings is 1. The zero-order chi connectivity index (χ0) is 20.8. The molecule has 0 radical (unpaired) electrons. The third-order valence-electron chi connectivity index (χ3n) is 6.09. The number of fused-ring (bicyclic) bond motifs is 2. The van der Waals surface area contributed by atoms with Crippen LogP contribution in [0.3, 0.4) is 0 Å². The molecule has 158 valence electrons. The van der Waals surface area contributed by atoms with Crippen molar-refractivity contribution in [2.45, 2.75) is 69.9 Å². The highest BCUT2D eigenvalue weighted by molar-refractivity contribution is 7.89. The average Bonchev–Trinajstić information content (AvgIpc) is 3.09. The fraction of sp³-hybridized carbons (Fsp3) is 0.650. The van der Waals surface area contributed by atoms with Gasteiger partial charge in [-0.3, -0.25) is 4.68 Å². The maximum atomic E-state index is 13.2. The Hall–Kier alpha value is -1.84. The van der Waals surface area contributed by atoms with E-state index < -0.39 is 15.6 Å². The number of nitrogens with zero attached hydrogens (tertiary/aromatic N) is 5. The Labute approximate surface area is 172 Å². The topological polar surface area (TPSA) is 90.2 Å². The molecule has 1 saturated heterocycles. The van der Waals surface area contributed by atoms with E-state index >= 15 is 0 Å². The predicted molar refractivity (Wildman–Crippen MR) is 108 cm³/mol. The molecule has 0 amide bonds. The lowest BCUT2D eigenvalue weighted by molar-refractivity contribution is -0.0927. The fourth-order valence-corrected chi connectivity index (χ4v) is 5.91. The Morgan fingerprint density at radius 1 is 1.24 bits per heavy atom. The Balaban J connectivity index is 1.60. The quantitative estimate of drug-likeness (QED) is 0.756. The largest absolute Gasteiger partial charge is 0.368 e. The highest BCUT2D eigenvalue weighted by atomic mass is 32.2. The summed E-state index contributed by atoms with van der Waals surface area (Å²) >= 11 is 0. The monoisotopic (exact) mass is 419 g/mol. The lowest BCUT2D eigenvalue weighted by Gasteiger charge is -2.43. The van der Waals surface area contributed by atoms with Gasteiger partial charge in [0.05, 0.1) is 24.2 Å². The van der Waals surface area contributed by atoms with E-state index in [2.05, 4.69) is 23.9 Å². The molecular weight excluding hydrogens is 390 g/mol. The number of aryl methyl sites for hydroxylation is 1. The highest BCUT2D eigenvalue weighted by Crippen LogP contribution is 2.41. The van der Waals surface area contributed by atoms with E-state index in [0.29, 0.717) is 49.7 Å². The van der Waals surface area contributed by atoms with Gasteiger partial charge < -0.3 is 4.74 Å². The lowest BCUT2D eigenvalue weighted by Crippen LogP contribution is -2.49. The van der Waals surface area contributed by atoms with Crippen LogP contribution < -0.4 is 0 Å². The zero-order valence-electron chi connectivity index (χ0n) is 17.6. The van der Waals surface area contributed by atoms with E-state index in [-0.39, 0.29) is 5.92 Å². The standard InChI is InChI=1S/C20H29N5O3S/c1-5-25-15(4)17(13-22-25)29(26,27)24-9-7-20(8-10-24)18-16(6-11-28-20)12-21-19(23-18)14(2)3/h12-14H,5-11H2,1-4H3. The lowest BCUT2D eigenvalue weighted by atomic mass is 9.83. The molecule has 0 aromatic carbocycles. The van der Waals surface area contributed by atoms with Crippen LogP contribution in [0.25, 0.3) is 0 Å². The molecule has 9 heteroatoms. The van der Waals surface area contributed by atoms with Gasteiger partial charge in [0.25, 0.3) is 0 Å². The van der Waals surface area contributed by atoms with Crippen LogP contribution in [0, 0.1) is 6.92 Å². The molecule has 1 spiro atoms. The summed E-state index contributed by atoms with van der Waals surface area (Å²) in [7, 11) is -3.57. The van der Waals surface area contributed by atoms with Gasteiger partial charge in [0.2, 0.25) is 10.0 Å². The summed E-state index contributed by atoms with van der Waals surface area (Å²) in [5.41, 5.74) is 2.24. The first-order valence-corrected chi connectivity index (χ1v) is 11.8. The molecule has 8 nitrogen and oxygen atoms in total. The van der Waals surface area contributed by atoms with E-state index in [9.17, 15) is 8.42 Å². The first-order chi connectivity index (χ1) is 13.8. The van der Waals surface area contributed by atoms with Crippen molar-refractivity contribution in [3.8, 4) is 0 Å². The van der Waals surface area contributed by atoms with Crippen LogP contribution in [-0.4, -0.2) is 52.2 Å². The van der Waals surface area contributed by atoms with Crippen LogP contribution in [0.1, 0.15) is 62.3 Å². The highest BCUT2D eigenvalue weighted by Gasteiger charge is 2.45. The maximum Gasteiger partial charge on any atom is 0.246 e. The number of sulfonamides is 1. The molecule has 29 heavy (non-hydrogen) atoms. The van der Waals surface area contributed by atoms with Crippen molar-refractivity contribution in [3.63, 3.8) is 0 Å². The minimum absolute atomic E-state index is 0.234. The molecule has 2 aliphatic rings. The number of hydrogen-bond donors (Lipinski definition) is 0. The summed E-state index contributed by atoms with van der Waals surface area (Å²) < 4.78 is 35.9. The van der Waals surface area contributed by atoms with Gasteiger partial charge in [0, 0.05) is 31.7 Å². The van der Waals surface area contributed by atoms with Crippen molar-refractivity contribution in [1.29, 1.82) is 0 Å². The van der Waals surface area contributed by atoms with Gasteiger partial charge in [-0.05, 0) is 38.7 Å². The van der Waals surface area contributed by atoms with Gasteiger partial charge in [-0.25, -0.2) is 18.4 Å². The van der Waals surface area contributed by atoms with E-state index in [1.165, 1.54) is 6.20 Å². The number of aromatic nitrogens is 4. The van der Waals surface area contributed by atoms with Crippen LogP contribution in [-0.2, 0) is 33.3 Å². The van der Waals surface area contributed by atoms with Crippen LogP contribution in [0.4, 0.5) is 0 Å². The minimum atomic E-state index is -3.57. The fourth-order valence-electron chi connectivity index (χ4n) is 4.31. The summed E-state index contributed by atoms with van der Waals surface area (Å²) in [6, 6.07) is 0. The Kier molecular flexibility index (Phi) is 5.25. The molecule has 0 atom stereocenters. The summed E-state index contributed by atoms with van der Waals surface area (Å²) in [5, 5.41) is 4.20.